The van der Waals surface area contributed by atoms with Gasteiger partial charge in [-0.3, -0.25) is 4.79 Å². The molecule has 0 spiro atoms. The molecule has 0 bridgehead atoms. The number of carbonyl (C=O) groups is 1. The van der Waals surface area contributed by atoms with Crippen LogP contribution in [0.3, 0.4) is 0 Å². The van der Waals surface area contributed by atoms with Crippen LogP contribution in [0.15, 0.2) is 30.3 Å². The first kappa shape index (κ1) is 21.9. The van der Waals surface area contributed by atoms with E-state index in [1.165, 1.54) is 18.6 Å². The fourth-order valence-electron chi connectivity index (χ4n) is 3.38. The van der Waals surface area contributed by atoms with Gasteiger partial charge in [-0.25, -0.2) is 9.97 Å². The normalized spacial score (nSPS) is 14.5. The Labute approximate surface area is 173 Å². The van der Waals surface area contributed by atoms with Gasteiger partial charge in [-0.05, 0) is 43.9 Å². The van der Waals surface area contributed by atoms with Crippen LogP contribution in [-0.4, -0.2) is 42.1 Å². The summed E-state index contributed by atoms with van der Waals surface area (Å²) in [5, 5.41) is 5.95. The minimum Gasteiger partial charge on any atom is -0.368 e. The van der Waals surface area contributed by atoms with Crippen LogP contribution in [0.1, 0.15) is 36.2 Å². The van der Waals surface area contributed by atoms with E-state index >= 15 is 0 Å². The number of anilines is 2. The van der Waals surface area contributed by atoms with Crippen molar-refractivity contribution in [3.63, 3.8) is 0 Å². The van der Waals surface area contributed by atoms with Crippen molar-refractivity contribution in [3.05, 3.63) is 47.3 Å². The van der Waals surface area contributed by atoms with E-state index in [-0.39, 0.29) is 12.3 Å². The zero-order valence-corrected chi connectivity index (χ0v) is 16.9. The summed E-state index contributed by atoms with van der Waals surface area (Å²) in [6.07, 6.45) is -0.769. The van der Waals surface area contributed by atoms with Gasteiger partial charge in [0.25, 0.3) is 0 Å². The fourth-order valence-corrected chi connectivity index (χ4v) is 3.38. The smallest absolute Gasteiger partial charge is 0.368 e. The van der Waals surface area contributed by atoms with Gasteiger partial charge >= 0.3 is 6.18 Å². The lowest BCUT2D eigenvalue weighted by molar-refractivity contribution is -0.137. The molecule has 6 nitrogen and oxygen atoms in total. The number of aryl methyl sites for hydroxylation is 1. The molecule has 1 aromatic carbocycles. The van der Waals surface area contributed by atoms with E-state index in [2.05, 4.69) is 25.5 Å². The maximum Gasteiger partial charge on any atom is 0.416 e. The summed E-state index contributed by atoms with van der Waals surface area (Å²) in [6, 6.07) is 6.55. The topological polar surface area (TPSA) is 70.2 Å². The molecule has 0 atom stereocenters. The molecule has 1 amide bonds. The second kappa shape index (κ2) is 9.77. The lowest BCUT2D eigenvalue weighted by Gasteiger charge is -2.28. The van der Waals surface area contributed by atoms with E-state index in [9.17, 15) is 18.0 Å². The molecule has 1 saturated heterocycles. The maximum atomic E-state index is 12.6. The number of alkyl halides is 3. The van der Waals surface area contributed by atoms with Crippen molar-refractivity contribution in [2.45, 2.75) is 38.8 Å². The van der Waals surface area contributed by atoms with Crippen LogP contribution < -0.4 is 15.5 Å². The van der Waals surface area contributed by atoms with Crippen LogP contribution in [0.2, 0.25) is 0 Å². The Balaban J connectivity index is 1.44. The number of rotatable bonds is 7. The van der Waals surface area contributed by atoms with Crippen molar-refractivity contribution >= 4 is 17.5 Å². The largest absolute Gasteiger partial charge is 0.416 e. The number of nitrogens with zero attached hydrogens (tertiary/aromatic N) is 3. The molecule has 3 rings (SSSR count). The van der Waals surface area contributed by atoms with Gasteiger partial charge in [0.05, 0.1) is 12.0 Å². The Morgan fingerprint density at radius 2 is 1.77 bits per heavy atom. The van der Waals surface area contributed by atoms with Crippen molar-refractivity contribution in [3.8, 4) is 0 Å². The number of amides is 1. The van der Waals surface area contributed by atoms with Gasteiger partial charge < -0.3 is 15.5 Å². The number of halogens is 3. The van der Waals surface area contributed by atoms with Crippen molar-refractivity contribution in [1.29, 1.82) is 0 Å². The average molecular weight is 421 g/mol. The Morgan fingerprint density at radius 1 is 1.07 bits per heavy atom. The number of aromatic nitrogens is 2. The number of hydrogen-bond acceptors (Lipinski definition) is 5. The molecule has 2 aromatic rings. The lowest BCUT2D eigenvalue weighted by atomic mass is 10.1. The van der Waals surface area contributed by atoms with E-state index in [0.29, 0.717) is 30.3 Å². The molecule has 2 heterocycles. The highest BCUT2D eigenvalue weighted by Crippen LogP contribution is 2.29. The second-order valence-electron chi connectivity index (χ2n) is 7.35. The third-order valence-corrected chi connectivity index (χ3v) is 4.90. The highest BCUT2D eigenvalue weighted by molar-refractivity contribution is 5.78. The van der Waals surface area contributed by atoms with Crippen LogP contribution in [-0.2, 0) is 17.4 Å². The summed E-state index contributed by atoms with van der Waals surface area (Å²) in [7, 11) is 0. The van der Waals surface area contributed by atoms with E-state index in [0.717, 1.165) is 43.9 Å². The molecule has 0 aliphatic carbocycles. The van der Waals surface area contributed by atoms with E-state index in [1.54, 1.807) is 0 Å². The predicted molar refractivity (Wildman–Crippen MR) is 109 cm³/mol. The van der Waals surface area contributed by atoms with Crippen LogP contribution in [0, 0.1) is 6.92 Å². The maximum absolute atomic E-state index is 12.6. The highest BCUT2D eigenvalue weighted by atomic mass is 19.4. The van der Waals surface area contributed by atoms with Crippen molar-refractivity contribution in [1.82, 2.24) is 15.3 Å². The molecule has 30 heavy (non-hydrogen) atoms. The quantitative estimate of drug-likeness (QED) is 0.669. The summed E-state index contributed by atoms with van der Waals surface area (Å²) >= 11 is 0. The van der Waals surface area contributed by atoms with Gasteiger partial charge in [0.15, 0.2) is 0 Å². The van der Waals surface area contributed by atoms with Crippen LogP contribution in [0.4, 0.5) is 24.8 Å². The fraction of sp³-hybridized carbons (Fsp3) is 0.476. The monoisotopic (exact) mass is 421 g/mol. The molecule has 162 valence electrons. The lowest BCUT2D eigenvalue weighted by Crippen LogP contribution is -2.31. The summed E-state index contributed by atoms with van der Waals surface area (Å²) in [6.45, 7) is 4.70. The number of benzene rings is 1. The molecule has 1 aliphatic rings. The highest BCUT2D eigenvalue weighted by Gasteiger charge is 2.29. The molecule has 0 radical (unpaired) electrons. The Hall–Kier alpha value is -2.84. The minimum atomic E-state index is -4.38. The number of carbonyl (C=O) groups excluding carboxylic acids is 1. The third kappa shape index (κ3) is 6.33. The molecular weight excluding hydrogens is 395 g/mol. The molecular formula is C21H26F3N5O. The first-order valence-electron chi connectivity index (χ1n) is 10.1. The van der Waals surface area contributed by atoms with E-state index in [4.69, 9.17) is 0 Å². The van der Waals surface area contributed by atoms with Crippen molar-refractivity contribution in [2.24, 2.45) is 0 Å². The van der Waals surface area contributed by atoms with Crippen molar-refractivity contribution < 1.29 is 18.0 Å². The first-order valence-corrected chi connectivity index (χ1v) is 10.1. The molecule has 0 saturated carbocycles. The predicted octanol–water partition coefficient (Wildman–Crippen LogP) is 3.56. The molecule has 1 aliphatic heterocycles. The SMILES string of the molecule is Cc1nc(NCCNC(=O)Cc2ccc(C(F)(F)F)cc2)cc(N2CCCCC2)n1. The average Bonchev–Trinajstić information content (AvgIpc) is 2.71. The second-order valence-corrected chi connectivity index (χ2v) is 7.35. The van der Waals surface area contributed by atoms with Gasteiger partial charge in [-0.15, -0.1) is 0 Å². The third-order valence-electron chi connectivity index (χ3n) is 4.90. The van der Waals surface area contributed by atoms with Gasteiger partial charge in [0.2, 0.25) is 5.91 Å². The minimum absolute atomic E-state index is 0.0316. The van der Waals surface area contributed by atoms with E-state index < -0.39 is 11.7 Å². The van der Waals surface area contributed by atoms with Gasteiger partial charge in [-0.1, -0.05) is 12.1 Å². The molecule has 9 heteroatoms. The zero-order valence-electron chi connectivity index (χ0n) is 16.9. The molecule has 1 fully saturated rings. The number of hydrogen-bond donors (Lipinski definition) is 2. The van der Waals surface area contributed by atoms with Crippen LogP contribution >= 0.6 is 0 Å². The summed E-state index contributed by atoms with van der Waals surface area (Å²) in [4.78, 5) is 23.2. The van der Waals surface area contributed by atoms with E-state index in [1.807, 2.05) is 13.0 Å². The molecule has 0 unspecified atom stereocenters. The molecule has 2 N–H and O–H groups in total. The Bertz CT molecular complexity index is 849. The Morgan fingerprint density at radius 3 is 2.43 bits per heavy atom. The first-order chi connectivity index (χ1) is 14.3. The van der Waals surface area contributed by atoms with Gasteiger partial charge in [0.1, 0.15) is 17.5 Å². The van der Waals surface area contributed by atoms with Gasteiger partial charge in [-0.2, -0.15) is 13.2 Å². The summed E-state index contributed by atoms with van der Waals surface area (Å²) in [5.74, 6) is 2.06. The van der Waals surface area contributed by atoms with Crippen molar-refractivity contribution in [2.75, 3.05) is 36.4 Å². The van der Waals surface area contributed by atoms with Crippen LogP contribution in [0.5, 0.6) is 0 Å². The van der Waals surface area contributed by atoms with Crippen LogP contribution in [0.25, 0.3) is 0 Å². The summed E-state index contributed by atoms with van der Waals surface area (Å²) in [5.41, 5.74) is -0.189. The number of piperidine rings is 1. The summed E-state index contributed by atoms with van der Waals surface area (Å²) < 4.78 is 37.8. The molecule has 1 aromatic heterocycles. The zero-order chi connectivity index (χ0) is 21.6. The standard InChI is InChI=1S/C21H26F3N5O/c1-15-27-18(14-19(28-15)29-11-3-2-4-12-29)25-9-10-26-20(30)13-16-5-7-17(8-6-16)21(22,23)24/h5-8,14H,2-4,9-13H2,1H3,(H,26,30)(H,25,27,28). The Kier molecular flexibility index (Phi) is 7.12. The van der Waals surface area contributed by atoms with Gasteiger partial charge in [0, 0.05) is 32.2 Å². The number of nitrogens with one attached hydrogen (secondary N) is 2.